The van der Waals surface area contributed by atoms with Crippen molar-refractivity contribution >= 4 is 92.3 Å². The number of nitrogens with zero attached hydrogens (tertiary/aromatic N) is 6. The van der Waals surface area contributed by atoms with E-state index in [2.05, 4.69) is 25.9 Å². The number of nitrogen functional groups attached to an aromatic ring is 2. The van der Waals surface area contributed by atoms with Gasteiger partial charge in [0.05, 0.1) is 42.1 Å². The molecule has 7 aromatic carbocycles. The fourth-order valence-electron chi connectivity index (χ4n) is 9.95. The van der Waals surface area contributed by atoms with E-state index in [0.29, 0.717) is 55.9 Å². The molecule has 0 radical (unpaired) electrons. The molecule has 17 nitrogen and oxygen atoms in total. The van der Waals surface area contributed by atoms with Crippen molar-refractivity contribution in [3.8, 4) is 17.2 Å². The number of hydrogen-bond acceptors (Lipinski definition) is 13. The van der Waals surface area contributed by atoms with E-state index in [9.17, 15) is 49.1 Å². The number of sulfonamides is 2. The number of pyridine rings is 2. The molecule has 2 aromatic heterocycles. The van der Waals surface area contributed by atoms with Gasteiger partial charge >= 0.3 is 0 Å². The van der Waals surface area contributed by atoms with Gasteiger partial charge in [-0.2, -0.15) is 0 Å². The van der Waals surface area contributed by atoms with Crippen LogP contribution in [0, 0.1) is 44.0 Å². The third kappa shape index (κ3) is 14.4. The van der Waals surface area contributed by atoms with Crippen LogP contribution in [0.25, 0.3) is 21.8 Å². The molecule has 0 saturated carbocycles. The maximum Gasteiger partial charge on any atom is 0.258 e. The van der Waals surface area contributed by atoms with Crippen molar-refractivity contribution in [3.63, 3.8) is 0 Å². The van der Waals surface area contributed by atoms with Crippen LogP contribution in [-0.2, 0) is 58.2 Å². The molecule has 5 N–H and O–H groups in total. The molecule has 0 saturated heterocycles. The van der Waals surface area contributed by atoms with Crippen molar-refractivity contribution in [1.29, 1.82) is 0 Å². The average molecular weight is 1310 g/mol. The van der Waals surface area contributed by atoms with Crippen LogP contribution in [0.15, 0.2) is 134 Å². The van der Waals surface area contributed by atoms with E-state index >= 15 is 0 Å². The summed E-state index contributed by atoms with van der Waals surface area (Å²) in [5.41, 5.74) is 20.3. The standard InChI is InChI=1S/C29H28FN3O5S.C20H19FN4O4S.C8H8BrF.C7H8FN/c1-18-14-21(30)10-9-20(18)15-33-16-24-25(29(33)34)28(38-17-19-7-11-22(37-3)12-8-19)26-23(6-5-13-31-26)27(24)32(2)39(4,35)36;1-24(30(2,28)29)18-13-4-3-7-23-17(13)19(26)16-14(18)10-25(20(16)27)9-11-5-6-12(21)8-15(11)22;1-6-4-8(10)3-2-7(6)5-9;1-5-2-3-6(8)4-7(5)9/h5-14H,15-17H2,1-4H3;3-8,26H,9-10,22H2,1-2H3;2-4H,5H2,1H3;2-4H,9H2,1H3. The number of fused-ring (bicyclic) bond motifs is 4. The minimum Gasteiger partial charge on any atom is -0.505 e. The number of alkyl halides is 1. The molecule has 4 heterocycles. The molecule has 0 fully saturated rings. The highest BCUT2D eigenvalue weighted by atomic mass is 79.9. The quantitative estimate of drug-likeness (QED) is 0.0554. The van der Waals surface area contributed by atoms with E-state index in [-0.39, 0.29) is 89.9 Å². The lowest BCUT2D eigenvalue weighted by atomic mass is 10.0. The van der Waals surface area contributed by atoms with Crippen LogP contribution in [0.4, 0.5) is 40.3 Å². The van der Waals surface area contributed by atoms with Crippen LogP contribution >= 0.6 is 15.9 Å². The molecule has 0 spiro atoms. The predicted molar refractivity (Wildman–Crippen MR) is 337 cm³/mol. The van der Waals surface area contributed by atoms with Gasteiger partial charge in [-0.25, -0.2) is 34.4 Å². The number of carbonyl (C=O) groups excluding carboxylic acids is 2. The summed E-state index contributed by atoms with van der Waals surface area (Å²) in [7, 11) is -2.88. The van der Waals surface area contributed by atoms with Crippen LogP contribution in [0.5, 0.6) is 17.2 Å². The van der Waals surface area contributed by atoms with E-state index in [1.807, 2.05) is 38.1 Å². The zero-order chi connectivity index (χ0) is 64.1. The Hall–Kier alpha value is -9.00. The molecule has 0 atom stereocenters. The number of nitrogens with two attached hydrogens (primary N) is 2. The molecule has 0 bridgehead atoms. The van der Waals surface area contributed by atoms with Crippen LogP contribution < -0.4 is 29.6 Å². The Morgan fingerprint density at radius 2 is 1.06 bits per heavy atom. The number of amides is 2. The zero-order valence-corrected chi connectivity index (χ0v) is 52.4. The fraction of sp³-hybridized carbons (Fsp3) is 0.219. The molecule has 11 rings (SSSR count). The molecule has 24 heteroatoms. The van der Waals surface area contributed by atoms with E-state index in [4.69, 9.17) is 20.9 Å². The monoisotopic (exact) mass is 1310 g/mol. The highest BCUT2D eigenvalue weighted by Crippen LogP contribution is 2.47. The van der Waals surface area contributed by atoms with E-state index in [0.717, 1.165) is 55.5 Å². The van der Waals surface area contributed by atoms with Crippen LogP contribution in [0.1, 0.15) is 70.8 Å². The smallest absolute Gasteiger partial charge is 0.258 e. The number of ether oxygens (including phenoxy) is 2. The zero-order valence-electron chi connectivity index (χ0n) is 49.2. The van der Waals surface area contributed by atoms with Crippen molar-refractivity contribution in [2.24, 2.45) is 0 Å². The molecular formula is C64H63BrF4N8O9S2. The number of aryl methyl sites for hydroxylation is 3. The summed E-state index contributed by atoms with van der Waals surface area (Å²) in [4.78, 5) is 38.7. The maximum atomic E-state index is 13.9. The molecule has 0 aliphatic carbocycles. The second-order valence-electron chi connectivity index (χ2n) is 20.9. The van der Waals surface area contributed by atoms with E-state index in [1.54, 1.807) is 67.6 Å². The lowest BCUT2D eigenvalue weighted by Crippen LogP contribution is -2.26. The molecular weight excluding hydrogens is 1240 g/mol. The molecule has 2 aliphatic heterocycles. The minimum absolute atomic E-state index is 0.00684. The Bertz CT molecular complexity index is 4400. The number of halogens is 5. The largest absolute Gasteiger partial charge is 0.505 e. The summed E-state index contributed by atoms with van der Waals surface area (Å²) in [5, 5.41) is 12.5. The van der Waals surface area contributed by atoms with Gasteiger partial charge in [-0.3, -0.25) is 28.2 Å². The third-order valence-electron chi connectivity index (χ3n) is 14.9. The van der Waals surface area contributed by atoms with Gasteiger partial charge in [0, 0.05) is 91.3 Å². The van der Waals surface area contributed by atoms with Gasteiger partial charge in [0.25, 0.3) is 11.8 Å². The van der Waals surface area contributed by atoms with E-state index < -0.39 is 31.8 Å². The SMILES string of the molecule is CN(c1c2c(c(O)c3ncccc13)C(=O)N(Cc1ccc(F)cc1N)C2)S(C)(=O)=O.COc1ccc(COc2c3c(c(N(C)S(C)(=O)=O)c4cccnc24)CN(Cc2ccc(F)cc2C)C3=O)cc1.Cc1cc(F)ccc1CBr.Cc1ccc(F)cc1N. The number of rotatable bonds is 13. The van der Waals surface area contributed by atoms with Crippen molar-refractivity contribution in [2.75, 3.05) is 53.8 Å². The molecule has 9 aromatic rings. The molecule has 0 unspecified atom stereocenters. The van der Waals surface area contributed by atoms with Crippen LogP contribution in [0.3, 0.4) is 0 Å². The summed E-state index contributed by atoms with van der Waals surface area (Å²) < 4.78 is 116. The molecule has 2 amide bonds. The molecule has 2 aliphatic rings. The van der Waals surface area contributed by atoms with Gasteiger partial charge in [0.1, 0.15) is 46.7 Å². The van der Waals surface area contributed by atoms with Gasteiger partial charge in [0.15, 0.2) is 11.5 Å². The number of benzene rings is 7. The summed E-state index contributed by atoms with van der Waals surface area (Å²) >= 11 is 3.31. The van der Waals surface area contributed by atoms with Gasteiger partial charge in [-0.05, 0) is 145 Å². The van der Waals surface area contributed by atoms with Crippen LogP contribution in [-0.4, -0.2) is 87.2 Å². The number of phenolic OH excluding ortho intramolecular Hbond substituents is 1. The summed E-state index contributed by atoms with van der Waals surface area (Å²) in [5.74, 6) is -1.37. The Kier molecular flexibility index (Phi) is 19.9. The van der Waals surface area contributed by atoms with Gasteiger partial charge in [0.2, 0.25) is 20.0 Å². The number of methoxy groups -OCH3 is 1. The summed E-state index contributed by atoms with van der Waals surface area (Å²) in [6.07, 6.45) is 5.21. The lowest BCUT2D eigenvalue weighted by molar-refractivity contribution is 0.0756. The summed E-state index contributed by atoms with van der Waals surface area (Å²) in [6.45, 7) is 6.20. The average Bonchev–Trinajstić information content (AvgIpc) is 1.66. The van der Waals surface area contributed by atoms with Gasteiger partial charge in [-0.15, -0.1) is 0 Å². The number of aromatic nitrogens is 2. The normalized spacial score (nSPS) is 12.6. The summed E-state index contributed by atoms with van der Waals surface area (Å²) in [6, 6.07) is 31.7. The topological polar surface area (TPSA) is 232 Å². The van der Waals surface area contributed by atoms with Crippen molar-refractivity contribution in [2.45, 2.75) is 58.9 Å². The number of phenols is 1. The third-order valence-corrected chi connectivity index (χ3v) is 17.9. The highest BCUT2D eigenvalue weighted by molar-refractivity contribution is 9.08. The first-order chi connectivity index (χ1) is 41.6. The number of anilines is 4. The first-order valence-electron chi connectivity index (χ1n) is 27.0. The number of aromatic hydroxyl groups is 1. The maximum absolute atomic E-state index is 13.9. The van der Waals surface area contributed by atoms with E-state index in [1.165, 1.54) is 84.1 Å². The van der Waals surface area contributed by atoms with Crippen molar-refractivity contribution in [3.05, 3.63) is 218 Å². The van der Waals surface area contributed by atoms with Crippen molar-refractivity contribution < 1.29 is 58.6 Å². The molecule has 88 heavy (non-hydrogen) atoms. The Labute approximate surface area is 516 Å². The molecule has 460 valence electrons. The second kappa shape index (κ2) is 26.9. The lowest BCUT2D eigenvalue weighted by Gasteiger charge is -2.23. The van der Waals surface area contributed by atoms with Crippen molar-refractivity contribution in [1.82, 2.24) is 19.8 Å². The first-order valence-corrected chi connectivity index (χ1v) is 31.8. The second-order valence-corrected chi connectivity index (χ2v) is 25.5. The van der Waals surface area contributed by atoms with Crippen LogP contribution in [0.2, 0.25) is 0 Å². The van der Waals surface area contributed by atoms with Gasteiger partial charge < -0.3 is 35.8 Å². The predicted octanol–water partition coefficient (Wildman–Crippen LogP) is 11.8. The number of carbonyl (C=O) groups is 2. The Morgan fingerprint density at radius 1 is 0.602 bits per heavy atom. The fourth-order valence-corrected chi connectivity index (χ4v) is 11.7. The highest BCUT2D eigenvalue weighted by Gasteiger charge is 2.39. The number of hydrogen-bond donors (Lipinski definition) is 3. The van der Waals surface area contributed by atoms with Gasteiger partial charge in [-0.1, -0.05) is 52.3 Å². The minimum atomic E-state index is -3.67. The Morgan fingerprint density at radius 3 is 1.55 bits per heavy atom. The first kappa shape index (κ1) is 65.0. The Balaban J connectivity index is 0.000000178.